The van der Waals surface area contributed by atoms with Crippen molar-refractivity contribution in [1.82, 2.24) is 19.8 Å². The van der Waals surface area contributed by atoms with Gasteiger partial charge in [-0.25, -0.2) is 19.6 Å². The average molecular weight is 1260 g/mol. The summed E-state index contributed by atoms with van der Waals surface area (Å²) < 4.78 is 118. The Morgan fingerprint density at radius 2 is 1.00 bits per heavy atom. The molecule has 6 aromatic carbocycles. The van der Waals surface area contributed by atoms with Crippen molar-refractivity contribution in [2.24, 2.45) is 0 Å². The van der Waals surface area contributed by atoms with Crippen molar-refractivity contribution in [3.05, 3.63) is 166 Å². The molecule has 2 aliphatic rings. The zero-order chi connectivity index (χ0) is 57.8. The molecule has 2 amide bonds. The third kappa shape index (κ3) is 17.0. The number of ether oxygens (including phenoxy) is 5. The van der Waals surface area contributed by atoms with Crippen molar-refractivity contribution in [3.8, 4) is 34.4 Å². The van der Waals surface area contributed by atoms with E-state index in [9.17, 15) is 50.6 Å². The molecule has 0 aliphatic carbocycles. The third-order valence-corrected chi connectivity index (χ3v) is 13.0. The molecule has 25 heteroatoms. The standard InChI is InChI=1S/C28H22ClF3N2O6.C22H13ClF3NO4.C6H10BrNO2.2CH4/c29-19-8-9-22(20(15-19)26-33-21-6-1-2-7-23(21)40-26)39-25(17-4-3-5-18(14-17)28(30,31)32)27(36)38-16-24(35)34-10-12-37-13-11-34;23-14-8-9-17(15(11-14)20-27-16-6-1-2-7-18(16)31-20)30-19(21(28)29)12-4-3-5-13(10-12)22(24,25)26;7-5-6(9)8-1-3-10-4-2-8;;/h1-9,14-15,25H,10-13,16H2;1-11,19H,(H,28,29);1-5H2;2*1H4. The molecule has 0 radical (unpaired) electrons. The molecule has 4 heterocycles. The van der Waals surface area contributed by atoms with Crippen molar-refractivity contribution >= 4 is 85.1 Å². The second-order valence-electron chi connectivity index (χ2n) is 17.6. The van der Waals surface area contributed by atoms with Crippen LogP contribution in [0.15, 0.2) is 142 Å². The third-order valence-electron chi connectivity index (χ3n) is 12.1. The minimum absolute atomic E-state index is 0. The van der Waals surface area contributed by atoms with Gasteiger partial charge in [-0.3, -0.25) is 9.59 Å². The number of carbonyl (C=O) groups excluding carboxylic acids is 3. The van der Waals surface area contributed by atoms with E-state index < -0.39 is 60.1 Å². The van der Waals surface area contributed by atoms with E-state index in [1.807, 2.05) is 0 Å². The van der Waals surface area contributed by atoms with Crippen molar-refractivity contribution in [2.75, 3.05) is 64.5 Å². The van der Waals surface area contributed by atoms with Crippen LogP contribution in [0.2, 0.25) is 10.0 Å². The van der Waals surface area contributed by atoms with Crippen LogP contribution in [-0.2, 0) is 45.7 Å². The molecule has 0 bridgehead atoms. The molecular weight excluding hydrogens is 1210 g/mol. The maximum atomic E-state index is 13.5. The van der Waals surface area contributed by atoms with Gasteiger partial charge in [0.05, 0.1) is 54.0 Å². The number of morpholine rings is 2. The first-order valence-corrected chi connectivity index (χ1v) is 26.3. The highest BCUT2D eigenvalue weighted by Gasteiger charge is 2.35. The van der Waals surface area contributed by atoms with Gasteiger partial charge in [0.1, 0.15) is 22.5 Å². The molecule has 8 aromatic rings. The van der Waals surface area contributed by atoms with Crippen LogP contribution in [0.4, 0.5) is 26.3 Å². The summed E-state index contributed by atoms with van der Waals surface area (Å²) in [7, 11) is 0. The molecule has 440 valence electrons. The van der Waals surface area contributed by atoms with Crippen LogP contribution in [0.5, 0.6) is 11.5 Å². The highest BCUT2D eigenvalue weighted by atomic mass is 79.9. The molecule has 2 aliphatic heterocycles. The quantitative estimate of drug-likeness (QED) is 0.0651. The predicted molar refractivity (Wildman–Crippen MR) is 299 cm³/mol. The van der Waals surface area contributed by atoms with Crippen LogP contribution in [0, 0.1) is 0 Å². The predicted octanol–water partition coefficient (Wildman–Crippen LogP) is 13.6. The first-order chi connectivity index (χ1) is 38.7. The number of para-hydroxylation sites is 4. The maximum Gasteiger partial charge on any atom is 0.416 e. The molecular formula is C58H53BrCl2F6N4O12. The van der Waals surface area contributed by atoms with Gasteiger partial charge >= 0.3 is 24.3 Å². The lowest BCUT2D eigenvalue weighted by Gasteiger charge is -2.27. The van der Waals surface area contributed by atoms with Gasteiger partial charge < -0.3 is 47.4 Å². The Labute approximate surface area is 489 Å². The van der Waals surface area contributed by atoms with Gasteiger partial charge in [-0.2, -0.15) is 26.3 Å². The molecule has 2 aromatic heterocycles. The molecule has 0 spiro atoms. The van der Waals surface area contributed by atoms with E-state index in [2.05, 4.69) is 25.9 Å². The molecule has 1 N–H and O–H groups in total. The summed E-state index contributed by atoms with van der Waals surface area (Å²) in [5.41, 5.74) is 0.379. The number of amides is 2. The number of alkyl halides is 7. The lowest BCUT2D eigenvalue weighted by Crippen LogP contribution is -2.43. The van der Waals surface area contributed by atoms with Crippen LogP contribution in [0.1, 0.15) is 49.3 Å². The number of fused-ring (bicyclic) bond motifs is 2. The van der Waals surface area contributed by atoms with Crippen LogP contribution < -0.4 is 9.47 Å². The average Bonchev–Trinajstić information content (AvgIpc) is 4.37. The Bertz CT molecular complexity index is 3450. The Morgan fingerprint density at radius 1 is 0.578 bits per heavy atom. The van der Waals surface area contributed by atoms with E-state index in [1.54, 1.807) is 53.4 Å². The minimum atomic E-state index is -4.67. The number of benzene rings is 6. The van der Waals surface area contributed by atoms with Gasteiger partial charge in [0.15, 0.2) is 17.8 Å². The Morgan fingerprint density at radius 3 is 1.42 bits per heavy atom. The van der Waals surface area contributed by atoms with E-state index in [0.29, 0.717) is 77.1 Å². The molecule has 16 nitrogen and oxygen atoms in total. The van der Waals surface area contributed by atoms with Crippen molar-refractivity contribution < 1.29 is 83.1 Å². The van der Waals surface area contributed by atoms with Crippen molar-refractivity contribution in [1.29, 1.82) is 0 Å². The molecule has 2 saturated heterocycles. The maximum absolute atomic E-state index is 13.5. The van der Waals surface area contributed by atoms with E-state index in [4.69, 9.17) is 55.7 Å². The van der Waals surface area contributed by atoms with E-state index in [1.165, 1.54) is 53.4 Å². The number of hydrogen-bond acceptors (Lipinski definition) is 13. The smallest absolute Gasteiger partial charge is 0.416 e. The fourth-order valence-corrected chi connectivity index (χ4v) is 8.75. The number of carboxylic acids is 1. The summed E-state index contributed by atoms with van der Waals surface area (Å²) in [4.78, 5) is 60.7. The highest BCUT2D eigenvalue weighted by Crippen LogP contribution is 2.40. The highest BCUT2D eigenvalue weighted by molar-refractivity contribution is 9.09. The monoisotopic (exact) mass is 1260 g/mol. The molecule has 2 atom stereocenters. The molecule has 2 fully saturated rings. The number of halogens is 9. The molecule has 83 heavy (non-hydrogen) atoms. The molecule has 0 saturated carbocycles. The molecule has 10 rings (SSSR count). The summed E-state index contributed by atoms with van der Waals surface area (Å²) in [6.45, 7) is 3.60. The Kier molecular flexibility index (Phi) is 22.5. The van der Waals surface area contributed by atoms with Gasteiger partial charge in [-0.05, 0) is 84.9 Å². The zero-order valence-electron chi connectivity index (χ0n) is 42.1. The second kappa shape index (κ2) is 29.0. The van der Waals surface area contributed by atoms with Crippen LogP contribution in [-0.4, -0.2) is 113 Å². The van der Waals surface area contributed by atoms with E-state index in [0.717, 1.165) is 49.5 Å². The number of carbonyl (C=O) groups is 4. The molecule has 2 unspecified atom stereocenters. The summed E-state index contributed by atoms with van der Waals surface area (Å²) in [6, 6.07) is 30.9. The fraction of sp³-hybridized carbons (Fsp3) is 0.276. The number of aliphatic carboxylic acids is 1. The fourth-order valence-electron chi connectivity index (χ4n) is 8.05. The number of carboxylic acid groups (broad SMARTS) is 1. The normalized spacial score (nSPS) is 14.1. The number of hydrogen-bond donors (Lipinski definition) is 1. The Hall–Kier alpha value is -7.70. The topological polar surface area (TPSA) is 193 Å². The van der Waals surface area contributed by atoms with Gasteiger partial charge in [0.25, 0.3) is 5.91 Å². The summed E-state index contributed by atoms with van der Waals surface area (Å²) in [5, 5.41) is 10.7. The summed E-state index contributed by atoms with van der Waals surface area (Å²) in [5.74, 6) is -2.47. The van der Waals surface area contributed by atoms with Gasteiger partial charge in [0, 0.05) is 47.4 Å². The lowest BCUT2D eigenvalue weighted by molar-refractivity contribution is -0.159. The first kappa shape index (κ1) is 64.5. The van der Waals surface area contributed by atoms with Gasteiger partial charge in [-0.15, -0.1) is 0 Å². The van der Waals surface area contributed by atoms with E-state index in [-0.39, 0.29) is 66.3 Å². The second-order valence-corrected chi connectivity index (χ2v) is 19.0. The summed E-state index contributed by atoms with van der Waals surface area (Å²) in [6.07, 6.45) is -12.7. The minimum Gasteiger partial charge on any atom is -0.478 e. The number of oxazole rings is 2. The number of esters is 1. The van der Waals surface area contributed by atoms with Gasteiger partial charge in [-0.1, -0.05) is 103 Å². The largest absolute Gasteiger partial charge is 0.478 e. The van der Waals surface area contributed by atoms with Crippen molar-refractivity contribution in [3.63, 3.8) is 0 Å². The number of rotatable bonds is 13. The van der Waals surface area contributed by atoms with Gasteiger partial charge in [0.2, 0.25) is 29.9 Å². The van der Waals surface area contributed by atoms with E-state index >= 15 is 0 Å². The zero-order valence-corrected chi connectivity index (χ0v) is 45.2. The van der Waals surface area contributed by atoms with Crippen LogP contribution in [0.25, 0.3) is 45.1 Å². The summed E-state index contributed by atoms with van der Waals surface area (Å²) >= 11 is 15.4. The van der Waals surface area contributed by atoms with Crippen LogP contribution in [0.3, 0.4) is 0 Å². The number of aromatic nitrogens is 2. The lowest BCUT2D eigenvalue weighted by atomic mass is 10.1. The first-order valence-electron chi connectivity index (χ1n) is 24.4. The van der Waals surface area contributed by atoms with Crippen molar-refractivity contribution in [2.45, 2.75) is 39.4 Å². The number of nitrogens with zero attached hydrogens (tertiary/aromatic N) is 4. The Balaban J connectivity index is 0.000000228. The van der Waals surface area contributed by atoms with Crippen LogP contribution >= 0.6 is 39.1 Å². The SMILES string of the molecule is C.C.O=C(CBr)N1CCOCC1.O=C(O)C(Oc1ccc(Cl)cc1-c1nc2ccccc2o1)c1cccc(C(F)(F)F)c1.O=C(OCC(=O)N1CCOCC1)C(Oc1ccc(Cl)cc1-c1nc2ccccc2o1)c1cccc(C(F)(F)F)c1.